The standard InChI is InChI=1S/C12H14O.2K/c1-11(2)9-7-5-6-8-10(9)12(3,4)13-11;;/h5,8H,1-4H3;;/q-2;2*+1. The van der Waals surface area contributed by atoms with Gasteiger partial charge in [0.15, 0.2) is 0 Å². The molecule has 0 saturated carbocycles. The van der Waals surface area contributed by atoms with Crippen molar-refractivity contribution in [3.63, 3.8) is 0 Å². The minimum absolute atomic E-state index is 0. The van der Waals surface area contributed by atoms with Crippen molar-refractivity contribution in [3.8, 4) is 0 Å². The summed E-state index contributed by atoms with van der Waals surface area (Å²) >= 11 is 0. The molecule has 0 unspecified atom stereocenters. The van der Waals surface area contributed by atoms with Gasteiger partial charge in [-0.25, -0.2) is 11.1 Å². The van der Waals surface area contributed by atoms with E-state index in [1.165, 1.54) is 5.56 Å². The summed E-state index contributed by atoms with van der Waals surface area (Å²) in [6.07, 6.45) is 0. The van der Waals surface area contributed by atoms with Crippen LogP contribution in [0.25, 0.3) is 0 Å². The van der Waals surface area contributed by atoms with E-state index in [-0.39, 0.29) is 114 Å². The molecule has 15 heavy (non-hydrogen) atoms. The molecule has 0 amide bonds. The smallest absolute Gasteiger partial charge is 0.388 e. The zero-order chi connectivity index (χ0) is 9.69. The van der Waals surface area contributed by atoms with Gasteiger partial charge in [-0.3, -0.25) is 6.07 Å². The van der Waals surface area contributed by atoms with Crippen LogP contribution in [0.2, 0.25) is 0 Å². The molecule has 0 saturated heterocycles. The molecule has 1 aliphatic heterocycles. The van der Waals surface area contributed by atoms with Crippen LogP contribution in [0.1, 0.15) is 38.8 Å². The van der Waals surface area contributed by atoms with Crippen molar-refractivity contribution in [2.45, 2.75) is 38.9 Å². The van der Waals surface area contributed by atoms with E-state index in [4.69, 9.17) is 4.74 Å². The van der Waals surface area contributed by atoms with Crippen LogP contribution in [-0.2, 0) is 15.9 Å². The fourth-order valence-corrected chi connectivity index (χ4v) is 2.11. The predicted octanol–water partition coefficient (Wildman–Crippen LogP) is -3.20. The van der Waals surface area contributed by atoms with Crippen LogP contribution in [0, 0.1) is 12.1 Å². The van der Waals surface area contributed by atoms with E-state index in [0.29, 0.717) is 0 Å². The Labute approximate surface area is 178 Å². The Bertz CT molecular complexity index is 312. The van der Waals surface area contributed by atoms with Gasteiger partial charge in [-0.2, -0.15) is 0 Å². The van der Waals surface area contributed by atoms with Crippen molar-refractivity contribution in [3.05, 3.63) is 35.4 Å². The Balaban J connectivity index is 0.000000980. The van der Waals surface area contributed by atoms with Crippen molar-refractivity contribution in [2.75, 3.05) is 0 Å². The Morgan fingerprint density at radius 2 is 1.67 bits per heavy atom. The number of hydrogen-bond donors (Lipinski definition) is 0. The van der Waals surface area contributed by atoms with Gasteiger partial charge in [-0.05, 0) is 13.8 Å². The first-order valence-corrected chi connectivity index (χ1v) is 4.56. The maximum Gasteiger partial charge on any atom is 1.00 e. The molecule has 1 nitrogen and oxygen atoms in total. The molecule has 0 spiro atoms. The molecule has 0 bridgehead atoms. The quantitative estimate of drug-likeness (QED) is 0.349. The Hall–Kier alpha value is 2.45. The topological polar surface area (TPSA) is 9.23 Å². The predicted molar refractivity (Wildman–Crippen MR) is 51.3 cm³/mol. The summed E-state index contributed by atoms with van der Waals surface area (Å²) in [7, 11) is 0. The van der Waals surface area contributed by atoms with E-state index in [1.54, 1.807) is 0 Å². The van der Waals surface area contributed by atoms with Gasteiger partial charge in [0.25, 0.3) is 0 Å². The van der Waals surface area contributed by atoms with Gasteiger partial charge >= 0.3 is 103 Å². The van der Waals surface area contributed by atoms with Crippen LogP contribution in [0.4, 0.5) is 0 Å². The molecule has 0 N–H and O–H groups in total. The first-order valence-electron chi connectivity index (χ1n) is 4.56. The summed E-state index contributed by atoms with van der Waals surface area (Å²) in [5.41, 5.74) is 1.96. The van der Waals surface area contributed by atoms with Gasteiger partial charge in [0, 0.05) is 11.2 Å². The molecule has 2 rings (SSSR count). The number of hydrogen-bond acceptors (Lipinski definition) is 1. The zero-order valence-electron chi connectivity index (χ0n) is 10.6. The van der Waals surface area contributed by atoms with Crippen molar-refractivity contribution in [1.29, 1.82) is 0 Å². The summed E-state index contributed by atoms with van der Waals surface area (Å²) in [6, 6.07) is 10.1. The van der Waals surface area contributed by atoms with Crippen LogP contribution >= 0.6 is 0 Å². The molecular weight excluding hydrogens is 238 g/mol. The van der Waals surface area contributed by atoms with E-state index >= 15 is 0 Å². The first-order chi connectivity index (χ1) is 5.93. The second kappa shape index (κ2) is 6.06. The van der Waals surface area contributed by atoms with Crippen LogP contribution in [0.3, 0.4) is 0 Å². The molecule has 0 fully saturated rings. The van der Waals surface area contributed by atoms with E-state index in [1.807, 2.05) is 12.1 Å². The van der Waals surface area contributed by atoms with Crippen LogP contribution < -0.4 is 103 Å². The van der Waals surface area contributed by atoms with Gasteiger partial charge in [0.2, 0.25) is 0 Å². The third-order valence-corrected chi connectivity index (χ3v) is 2.56. The SMILES string of the molecule is CC1(C)OC(C)(C)c2c[c-]c[c-]c21.[K+].[K+]. The van der Waals surface area contributed by atoms with E-state index in [9.17, 15) is 0 Å². The monoisotopic (exact) mass is 252 g/mol. The molecule has 0 atom stereocenters. The van der Waals surface area contributed by atoms with Gasteiger partial charge in [-0.15, -0.1) is 0 Å². The van der Waals surface area contributed by atoms with Gasteiger partial charge < -0.3 is 22.9 Å². The molecule has 0 aliphatic carbocycles. The van der Waals surface area contributed by atoms with Crippen LogP contribution in [0.15, 0.2) is 12.1 Å². The average molecular weight is 252 g/mol. The minimum Gasteiger partial charge on any atom is -0.388 e. The molecule has 70 valence electrons. The molecule has 0 aromatic heterocycles. The normalized spacial score (nSPS) is 19.7. The van der Waals surface area contributed by atoms with Crippen molar-refractivity contribution >= 4 is 0 Å². The minimum atomic E-state index is -0.214. The van der Waals surface area contributed by atoms with Crippen molar-refractivity contribution in [2.24, 2.45) is 0 Å². The fourth-order valence-electron chi connectivity index (χ4n) is 2.11. The molecule has 3 heteroatoms. The molecule has 1 aromatic rings. The Morgan fingerprint density at radius 1 is 1.07 bits per heavy atom. The van der Waals surface area contributed by atoms with Crippen molar-refractivity contribution < 1.29 is 108 Å². The number of ether oxygens (including phenoxy) is 1. The second-order valence-corrected chi connectivity index (χ2v) is 4.51. The third-order valence-electron chi connectivity index (χ3n) is 2.56. The maximum absolute atomic E-state index is 5.96. The second-order valence-electron chi connectivity index (χ2n) is 4.51. The summed E-state index contributed by atoms with van der Waals surface area (Å²) in [5, 5.41) is 0. The fraction of sp³-hybridized carbons (Fsp3) is 0.500. The van der Waals surface area contributed by atoms with Gasteiger partial charge in [0.1, 0.15) is 0 Å². The summed E-state index contributed by atoms with van der Waals surface area (Å²) in [4.78, 5) is 0. The number of fused-ring (bicyclic) bond motifs is 1. The Kier molecular flexibility index (Phi) is 7.06. The third kappa shape index (κ3) is 3.47. The molecule has 0 radical (unpaired) electrons. The molecule has 1 heterocycles. The summed E-state index contributed by atoms with van der Waals surface area (Å²) in [6.45, 7) is 8.33. The number of benzene rings is 1. The molecule has 1 aliphatic rings. The average Bonchev–Trinajstić information content (AvgIpc) is 2.20. The van der Waals surface area contributed by atoms with E-state index < -0.39 is 0 Å². The van der Waals surface area contributed by atoms with Gasteiger partial charge in [0.05, 0.1) is 0 Å². The molecule has 1 aromatic carbocycles. The van der Waals surface area contributed by atoms with Crippen molar-refractivity contribution in [1.82, 2.24) is 0 Å². The largest absolute Gasteiger partial charge is 1.00 e. The van der Waals surface area contributed by atoms with Gasteiger partial charge in [-0.1, -0.05) is 13.8 Å². The van der Waals surface area contributed by atoms with E-state index in [0.717, 1.165) is 5.56 Å². The number of rotatable bonds is 0. The zero-order valence-corrected chi connectivity index (χ0v) is 16.8. The Morgan fingerprint density at radius 3 is 2.20 bits per heavy atom. The van der Waals surface area contributed by atoms with E-state index in [2.05, 4.69) is 39.8 Å². The maximum atomic E-state index is 5.96. The van der Waals surface area contributed by atoms with Crippen LogP contribution in [0.5, 0.6) is 0 Å². The summed E-state index contributed by atoms with van der Waals surface area (Å²) < 4.78 is 5.96. The first kappa shape index (κ1) is 17.5. The van der Waals surface area contributed by atoms with Crippen LogP contribution in [-0.4, -0.2) is 0 Å². The summed E-state index contributed by atoms with van der Waals surface area (Å²) in [5.74, 6) is 0. The molecular formula is C12H14K2O.